The summed E-state index contributed by atoms with van der Waals surface area (Å²) in [5, 5.41) is 6.99. The van der Waals surface area contributed by atoms with Crippen molar-refractivity contribution in [3.05, 3.63) is 41.2 Å². The summed E-state index contributed by atoms with van der Waals surface area (Å²) in [4.78, 5) is 11.3. The van der Waals surface area contributed by atoms with Gasteiger partial charge < -0.3 is 10.1 Å². The molecular weight excluding hydrogens is 280 g/mol. The number of nitrogens with one attached hydrogen (secondary N) is 1. The maximum absolute atomic E-state index is 14.0. The van der Waals surface area contributed by atoms with Crippen molar-refractivity contribution in [2.75, 3.05) is 12.4 Å². The highest BCUT2D eigenvalue weighted by molar-refractivity contribution is 5.90. The number of nitrogens with zero attached hydrogens (tertiary/aromatic N) is 2. The first-order chi connectivity index (χ1) is 9.97. The zero-order valence-electron chi connectivity index (χ0n) is 11.9. The standard InChI is InChI=1S/C14H15F2N3O2/c1-4-9-11(7-19(2)18-9)17-10-6-5-8(14(20)21-3)12(15)13(10)16/h5-7,17H,4H2,1-3H3. The molecule has 0 amide bonds. The number of methoxy groups -OCH3 is 1. The van der Waals surface area contributed by atoms with Crippen LogP contribution in [0.15, 0.2) is 18.3 Å². The van der Waals surface area contributed by atoms with E-state index in [0.29, 0.717) is 12.1 Å². The average molecular weight is 295 g/mol. The fourth-order valence-electron chi connectivity index (χ4n) is 1.96. The molecule has 0 bridgehead atoms. The average Bonchev–Trinajstić information content (AvgIpc) is 2.83. The molecule has 0 saturated heterocycles. The summed E-state index contributed by atoms with van der Waals surface area (Å²) in [5.74, 6) is -3.30. The second-order valence-electron chi connectivity index (χ2n) is 4.42. The third-order valence-electron chi connectivity index (χ3n) is 3.00. The van der Waals surface area contributed by atoms with E-state index in [-0.39, 0.29) is 5.69 Å². The number of rotatable bonds is 4. The van der Waals surface area contributed by atoms with Crippen LogP contribution in [0.3, 0.4) is 0 Å². The molecule has 0 radical (unpaired) electrons. The van der Waals surface area contributed by atoms with Crippen LogP contribution in [-0.4, -0.2) is 22.9 Å². The van der Waals surface area contributed by atoms with E-state index in [1.807, 2.05) is 6.92 Å². The molecule has 0 atom stereocenters. The van der Waals surface area contributed by atoms with Gasteiger partial charge in [-0.2, -0.15) is 5.10 Å². The van der Waals surface area contributed by atoms with E-state index in [1.54, 1.807) is 17.9 Å². The summed E-state index contributed by atoms with van der Waals surface area (Å²) in [5.41, 5.74) is 0.809. The van der Waals surface area contributed by atoms with Crippen LogP contribution in [0.25, 0.3) is 0 Å². The smallest absolute Gasteiger partial charge is 0.340 e. The van der Waals surface area contributed by atoms with Crippen molar-refractivity contribution in [2.24, 2.45) is 7.05 Å². The Bertz CT molecular complexity index is 683. The van der Waals surface area contributed by atoms with Gasteiger partial charge in [-0.05, 0) is 18.6 Å². The van der Waals surface area contributed by atoms with Crippen LogP contribution in [0.5, 0.6) is 0 Å². The third-order valence-corrected chi connectivity index (χ3v) is 3.00. The molecule has 0 aliphatic rings. The maximum Gasteiger partial charge on any atom is 0.340 e. The molecule has 21 heavy (non-hydrogen) atoms. The Hall–Kier alpha value is -2.44. The highest BCUT2D eigenvalue weighted by atomic mass is 19.2. The quantitative estimate of drug-likeness (QED) is 0.881. The minimum Gasteiger partial charge on any atom is -0.465 e. The van der Waals surface area contributed by atoms with Crippen LogP contribution in [0.4, 0.5) is 20.2 Å². The van der Waals surface area contributed by atoms with Gasteiger partial charge in [0.05, 0.1) is 29.7 Å². The molecule has 0 fully saturated rings. The van der Waals surface area contributed by atoms with Gasteiger partial charge in [0.2, 0.25) is 0 Å². The van der Waals surface area contributed by atoms with Crippen molar-refractivity contribution in [3.63, 3.8) is 0 Å². The maximum atomic E-state index is 14.0. The Kier molecular flexibility index (Phi) is 4.21. The number of ether oxygens (including phenoxy) is 1. The van der Waals surface area contributed by atoms with Crippen LogP contribution in [0.1, 0.15) is 23.0 Å². The molecule has 1 aromatic carbocycles. The second kappa shape index (κ2) is 5.90. The molecule has 2 aromatic rings. The molecule has 0 aliphatic carbocycles. The summed E-state index contributed by atoms with van der Waals surface area (Å²) < 4.78 is 33.8. The number of hydrogen-bond donors (Lipinski definition) is 1. The Morgan fingerprint density at radius 1 is 1.33 bits per heavy atom. The van der Waals surface area contributed by atoms with Crippen LogP contribution in [0.2, 0.25) is 0 Å². The molecule has 1 N–H and O–H groups in total. The first-order valence-corrected chi connectivity index (χ1v) is 6.33. The lowest BCUT2D eigenvalue weighted by Gasteiger charge is -2.09. The molecule has 7 heteroatoms. The molecule has 112 valence electrons. The van der Waals surface area contributed by atoms with Gasteiger partial charge in [-0.1, -0.05) is 6.92 Å². The van der Waals surface area contributed by atoms with E-state index in [0.717, 1.165) is 12.8 Å². The van der Waals surface area contributed by atoms with E-state index >= 15 is 0 Å². The number of carbonyl (C=O) groups excluding carboxylic acids is 1. The SMILES string of the molecule is CCc1nn(C)cc1Nc1ccc(C(=O)OC)c(F)c1F. The highest BCUT2D eigenvalue weighted by Crippen LogP contribution is 2.26. The number of esters is 1. The van der Waals surface area contributed by atoms with Crippen molar-refractivity contribution >= 4 is 17.3 Å². The molecule has 1 aromatic heterocycles. The molecule has 5 nitrogen and oxygen atoms in total. The predicted molar refractivity (Wildman–Crippen MR) is 73.6 cm³/mol. The molecular formula is C14H15F2N3O2. The zero-order valence-corrected chi connectivity index (χ0v) is 11.9. The number of carbonyl (C=O) groups is 1. The fourth-order valence-corrected chi connectivity index (χ4v) is 1.96. The van der Waals surface area contributed by atoms with Crippen LogP contribution in [0, 0.1) is 11.6 Å². The summed E-state index contributed by atoms with van der Waals surface area (Å²) >= 11 is 0. The number of aryl methyl sites for hydroxylation is 2. The lowest BCUT2D eigenvalue weighted by atomic mass is 10.1. The summed E-state index contributed by atoms with van der Waals surface area (Å²) in [6.45, 7) is 1.91. The lowest BCUT2D eigenvalue weighted by molar-refractivity contribution is 0.0594. The first-order valence-electron chi connectivity index (χ1n) is 6.33. The van der Waals surface area contributed by atoms with Gasteiger partial charge in [0.15, 0.2) is 11.6 Å². The highest BCUT2D eigenvalue weighted by Gasteiger charge is 2.20. The molecule has 2 rings (SSSR count). The summed E-state index contributed by atoms with van der Waals surface area (Å²) in [7, 11) is 2.84. The lowest BCUT2D eigenvalue weighted by Crippen LogP contribution is -2.08. The number of halogens is 2. The number of anilines is 2. The molecule has 1 heterocycles. The van der Waals surface area contributed by atoms with Crippen molar-refractivity contribution < 1.29 is 18.3 Å². The van der Waals surface area contributed by atoms with E-state index in [9.17, 15) is 13.6 Å². The van der Waals surface area contributed by atoms with Crippen molar-refractivity contribution in [3.8, 4) is 0 Å². The second-order valence-corrected chi connectivity index (χ2v) is 4.42. The first kappa shape index (κ1) is 15.0. The largest absolute Gasteiger partial charge is 0.465 e. The zero-order chi connectivity index (χ0) is 15.6. The van der Waals surface area contributed by atoms with Gasteiger partial charge >= 0.3 is 5.97 Å². The van der Waals surface area contributed by atoms with Crippen molar-refractivity contribution in [1.82, 2.24) is 9.78 Å². The minimum absolute atomic E-state index is 0.0668. The molecule has 0 aliphatic heterocycles. The predicted octanol–water partition coefficient (Wildman–Crippen LogP) is 2.79. The van der Waals surface area contributed by atoms with E-state index in [4.69, 9.17) is 0 Å². The Morgan fingerprint density at radius 2 is 2.05 bits per heavy atom. The number of benzene rings is 1. The minimum atomic E-state index is -1.24. The van der Waals surface area contributed by atoms with Crippen LogP contribution < -0.4 is 5.32 Å². The Balaban J connectivity index is 2.37. The third kappa shape index (κ3) is 2.86. The van der Waals surface area contributed by atoms with Crippen LogP contribution in [-0.2, 0) is 18.2 Å². The Morgan fingerprint density at radius 3 is 2.67 bits per heavy atom. The molecule has 0 saturated carbocycles. The number of hydrogen-bond acceptors (Lipinski definition) is 4. The topological polar surface area (TPSA) is 56.2 Å². The monoisotopic (exact) mass is 295 g/mol. The van der Waals surface area contributed by atoms with Crippen molar-refractivity contribution in [1.29, 1.82) is 0 Å². The van der Waals surface area contributed by atoms with Gasteiger partial charge in [-0.25, -0.2) is 13.6 Å². The summed E-state index contributed by atoms with van der Waals surface area (Å²) in [6, 6.07) is 2.46. The Labute approximate surface area is 120 Å². The van der Waals surface area contributed by atoms with Gasteiger partial charge in [-0.15, -0.1) is 0 Å². The van der Waals surface area contributed by atoms with E-state index < -0.39 is 23.2 Å². The van der Waals surface area contributed by atoms with Crippen LogP contribution >= 0.6 is 0 Å². The normalized spacial score (nSPS) is 10.5. The fraction of sp³-hybridized carbons (Fsp3) is 0.286. The van der Waals surface area contributed by atoms with Gasteiger partial charge in [-0.3, -0.25) is 4.68 Å². The molecule has 0 spiro atoms. The number of aromatic nitrogens is 2. The van der Waals surface area contributed by atoms with E-state index in [2.05, 4.69) is 15.2 Å². The van der Waals surface area contributed by atoms with Crippen molar-refractivity contribution in [2.45, 2.75) is 13.3 Å². The summed E-state index contributed by atoms with van der Waals surface area (Å²) in [6.07, 6.45) is 2.32. The van der Waals surface area contributed by atoms with Gasteiger partial charge in [0.1, 0.15) is 0 Å². The van der Waals surface area contributed by atoms with E-state index in [1.165, 1.54) is 12.1 Å². The van der Waals surface area contributed by atoms with Gasteiger partial charge in [0, 0.05) is 13.2 Å². The van der Waals surface area contributed by atoms with Gasteiger partial charge in [0.25, 0.3) is 0 Å². The molecule has 0 unspecified atom stereocenters.